The highest BCUT2D eigenvalue weighted by Crippen LogP contribution is 2.35. The van der Waals surface area contributed by atoms with Crippen molar-refractivity contribution in [3.8, 4) is 0 Å². The smallest absolute Gasteiger partial charge is 0.170 e. The van der Waals surface area contributed by atoms with E-state index in [0.29, 0.717) is 12.8 Å². The lowest BCUT2D eigenvalue weighted by Crippen LogP contribution is -2.00. The zero-order chi connectivity index (χ0) is 22.5. The summed E-state index contributed by atoms with van der Waals surface area (Å²) < 4.78 is 73.7. The minimum Gasteiger partial charge on any atom is -0.206 e. The number of benzene rings is 3. The topological polar surface area (TPSA) is 0 Å². The zero-order valence-corrected chi connectivity index (χ0v) is 17.4. The van der Waals surface area contributed by atoms with E-state index in [9.17, 15) is 22.0 Å². The molecule has 0 atom stereocenters. The van der Waals surface area contributed by atoms with Crippen LogP contribution in [0.2, 0.25) is 0 Å². The third-order valence-electron chi connectivity index (χ3n) is 5.19. The minimum atomic E-state index is -1.62. The fourth-order valence-corrected chi connectivity index (χ4v) is 3.53. The van der Waals surface area contributed by atoms with Gasteiger partial charge in [-0.1, -0.05) is 61.9 Å². The first-order chi connectivity index (χ1) is 14.9. The standard InChI is InChI=1S/C26H23F5/c1-3-5-6-8-17-13-14-19-15-20(25(30)26(31)21(19)22(17)27)24(29)23(28)18-11-9-16(7-4-2)10-12-18/h3,5,9-15H,4,6-8H2,1-2H3/b5-3+,24-23?. The fraction of sp³-hybridized carbons (Fsp3) is 0.231. The van der Waals surface area contributed by atoms with Crippen LogP contribution in [0, 0.1) is 17.5 Å². The fourth-order valence-electron chi connectivity index (χ4n) is 3.53. The van der Waals surface area contributed by atoms with Crippen LogP contribution in [0.15, 0.2) is 54.6 Å². The largest absolute Gasteiger partial charge is 0.206 e. The molecule has 5 heteroatoms. The van der Waals surface area contributed by atoms with Gasteiger partial charge in [0.25, 0.3) is 0 Å². The van der Waals surface area contributed by atoms with E-state index in [0.717, 1.165) is 24.5 Å². The lowest BCUT2D eigenvalue weighted by molar-refractivity contribution is 0.505. The summed E-state index contributed by atoms with van der Waals surface area (Å²) in [6, 6.07) is 9.89. The molecular weight excluding hydrogens is 407 g/mol. The predicted octanol–water partition coefficient (Wildman–Crippen LogP) is 8.48. The zero-order valence-electron chi connectivity index (χ0n) is 17.4. The molecule has 0 unspecified atom stereocenters. The highest BCUT2D eigenvalue weighted by Gasteiger charge is 2.23. The van der Waals surface area contributed by atoms with Crippen LogP contribution in [0.25, 0.3) is 22.4 Å². The molecule has 0 radical (unpaired) electrons. The van der Waals surface area contributed by atoms with Crippen molar-refractivity contribution < 1.29 is 22.0 Å². The van der Waals surface area contributed by atoms with Gasteiger partial charge in [-0.2, -0.15) is 0 Å². The first-order valence-corrected chi connectivity index (χ1v) is 10.2. The highest BCUT2D eigenvalue weighted by atomic mass is 19.2. The molecule has 3 aromatic carbocycles. The third kappa shape index (κ3) is 4.71. The van der Waals surface area contributed by atoms with Gasteiger partial charge in [-0.3, -0.25) is 0 Å². The predicted molar refractivity (Wildman–Crippen MR) is 116 cm³/mol. The van der Waals surface area contributed by atoms with E-state index in [1.165, 1.54) is 24.3 Å². The molecule has 162 valence electrons. The molecule has 0 aliphatic carbocycles. The Bertz CT molecular complexity index is 1140. The SMILES string of the molecule is C/C=C/CCc1ccc2cc(C(F)=C(F)c3ccc(CCC)cc3)c(F)c(F)c2c1F. The maximum Gasteiger partial charge on any atom is 0.170 e. The van der Waals surface area contributed by atoms with Crippen LogP contribution < -0.4 is 0 Å². The quantitative estimate of drug-likeness (QED) is 0.200. The van der Waals surface area contributed by atoms with Gasteiger partial charge in [0.1, 0.15) is 5.82 Å². The first kappa shape index (κ1) is 22.7. The lowest BCUT2D eigenvalue weighted by atomic mass is 9.98. The van der Waals surface area contributed by atoms with Crippen molar-refractivity contribution in [3.05, 3.63) is 94.3 Å². The Hall–Kier alpha value is -2.95. The molecule has 0 bridgehead atoms. The summed E-state index contributed by atoms with van der Waals surface area (Å²) in [7, 11) is 0. The van der Waals surface area contributed by atoms with Crippen molar-refractivity contribution in [2.45, 2.75) is 39.5 Å². The van der Waals surface area contributed by atoms with Crippen molar-refractivity contribution in [3.63, 3.8) is 0 Å². The second-order valence-electron chi connectivity index (χ2n) is 7.37. The van der Waals surface area contributed by atoms with E-state index in [2.05, 4.69) is 0 Å². The van der Waals surface area contributed by atoms with Gasteiger partial charge >= 0.3 is 0 Å². The summed E-state index contributed by atoms with van der Waals surface area (Å²) in [6.07, 6.45) is 6.20. The van der Waals surface area contributed by atoms with Gasteiger partial charge in [0.05, 0.1) is 10.9 Å². The Kier molecular flexibility index (Phi) is 7.26. The van der Waals surface area contributed by atoms with Crippen molar-refractivity contribution in [2.75, 3.05) is 0 Å². The van der Waals surface area contributed by atoms with E-state index in [-0.39, 0.29) is 16.5 Å². The van der Waals surface area contributed by atoms with E-state index in [1.807, 2.05) is 26.0 Å². The number of allylic oxidation sites excluding steroid dienone is 2. The van der Waals surface area contributed by atoms with Gasteiger partial charge in [-0.15, -0.1) is 0 Å². The molecule has 31 heavy (non-hydrogen) atoms. The normalized spacial score (nSPS) is 12.6. The first-order valence-electron chi connectivity index (χ1n) is 10.2. The number of rotatable bonds is 7. The van der Waals surface area contributed by atoms with Gasteiger partial charge in [-0.05, 0) is 48.8 Å². The molecule has 0 aromatic heterocycles. The second kappa shape index (κ2) is 9.90. The molecule has 0 heterocycles. The van der Waals surface area contributed by atoms with E-state index in [4.69, 9.17) is 0 Å². The molecule has 0 amide bonds. The average Bonchev–Trinajstić information content (AvgIpc) is 2.77. The van der Waals surface area contributed by atoms with Crippen LogP contribution in [-0.4, -0.2) is 0 Å². The van der Waals surface area contributed by atoms with E-state index < -0.39 is 40.1 Å². The molecule has 0 N–H and O–H groups in total. The summed E-state index contributed by atoms with van der Waals surface area (Å²) in [5.41, 5.74) is 0.234. The van der Waals surface area contributed by atoms with Crippen molar-refractivity contribution >= 4 is 22.4 Å². The molecular formula is C26H23F5. The van der Waals surface area contributed by atoms with Gasteiger partial charge in [0.15, 0.2) is 23.3 Å². The maximum absolute atomic E-state index is 14.8. The van der Waals surface area contributed by atoms with Crippen LogP contribution in [0.5, 0.6) is 0 Å². The summed E-state index contributed by atoms with van der Waals surface area (Å²) in [5, 5.41) is -0.598. The van der Waals surface area contributed by atoms with Crippen molar-refractivity contribution in [1.82, 2.24) is 0 Å². The maximum atomic E-state index is 14.8. The summed E-state index contributed by atoms with van der Waals surface area (Å²) in [4.78, 5) is 0. The Morgan fingerprint density at radius 2 is 1.55 bits per heavy atom. The average molecular weight is 430 g/mol. The van der Waals surface area contributed by atoms with Gasteiger partial charge in [-0.25, -0.2) is 22.0 Å². The van der Waals surface area contributed by atoms with Gasteiger partial charge in [0, 0.05) is 5.56 Å². The molecule has 0 saturated heterocycles. The molecule has 0 nitrogen and oxygen atoms in total. The Morgan fingerprint density at radius 3 is 2.19 bits per heavy atom. The molecule has 0 spiro atoms. The molecule has 0 aliphatic heterocycles. The number of aryl methyl sites for hydroxylation is 2. The number of hydrogen-bond donors (Lipinski definition) is 0. The number of halogens is 5. The summed E-state index contributed by atoms with van der Waals surface area (Å²) in [6.45, 7) is 3.83. The van der Waals surface area contributed by atoms with Crippen LogP contribution in [0.1, 0.15) is 48.9 Å². The molecule has 0 saturated carbocycles. The van der Waals surface area contributed by atoms with Crippen LogP contribution >= 0.6 is 0 Å². The second-order valence-corrected chi connectivity index (χ2v) is 7.37. The summed E-state index contributed by atoms with van der Waals surface area (Å²) >= 11 is 0. The molecule has 3 rings (SSSR count). The molecule has 3 aromatic rings. The Balaban J connectivity index is 2.06. The third-order valence-corrected chi connectivity index (χ3v) is 5.19. The summed E-state index contributed by atoms with van der Waals surface area (Å²) in [5.74, 6) is -6.86. The van der Waals surface area contributed by atoms with E-state index in [1.54, 1.807) is 12.1 Å². The highest BCUT2D eigenvalue weighted by molar-refractivity contribution is 5.91. The number of fused-ring (bicyclic) bond motifs is 1. The van der Waals surface area contributed by atoms with Gasteiger partial charge < -0.3 is 0 Å². The Morgan fingerprint density at radius 1 is 0.839 bits per heavy atom. The number of hydrogen-bond acceptors (Lipinski definition) is 0. The lowest BCUT2D eigenvalue weighted by Gasteiger charge is -2.11. The van der Waals surface area contributed by atoms with Gasteiger partial charge in [0.2, 0.25) is 0 Å². The van der Waals surface area contributed by atoms with Crippen LogP contribution in [0.4, 0.5) is 22.0 Å². The monoisotopic (exact) mass is 430 g/mol. The molecule has 0 aliphatic rings. The Labute approximate surface area is 178 Å². The van der Waals surface area contributed by atoms with Crippen LogP contribution in [-0.2, 0) is 12.8 Å². The minimum absolute atomic E-state index is 0.0394. The van der Waals surface area contributed by atoms with Crippen LogP contribution in [0.3, 0.4) is 0 Å². The van der Waals surface area contributed by atoms with Crippen molar-refractivity contribution in [1.29, 1.82) is 0 Å². The molecule has 0 fully saturated rings. The van der Waals surface area contributed by atoms with Crippen molar-refractivity contribution in [2.24, 2.45) is 0 Å². The van der Waals surface area contributed by atoms with E-state index >= 15 is 0 Å².